The predicted molar refractivity (Wildman–Crippen MR) is 107 cm³/mol. The van der Waals surface area contributed by atoms with Crippen LogP contribution in [0, 0.1) is 5.41 Å². The normalized spacial score (nSPS) is 20.5. The Morgan fingerprint density at radius 2 is 1.85 bits per heavy atom. The van der Waals surface area contributed by atoms with E-state index in [9.17, 15) is 8.42 Å². The van der Waals surface area contributed by atoms with Gasteiger partial charge in [-0.1, -0.05) is 38.1 Å². The van der Waals surface area contributed by atoms with Crippen LogP contribution < -0.4 is 10.5 Å². The number of nitrogens with two attached hydrogens (primary N) is 1. The number of piperidine rings is 1. The zero-order valence-corrected chi connectivity index (χ0v) is 17.1. The molecular weight excluding hydrogens is 372 g/mol. The van der Waals surface area contributed by atoms with Crippen molar-refractivity contribution in [2.24, 2.45) is 11.1 Å². The summed E-state index contributed by atoms with van der Waals surface area (Å²) in [5, 5.41) is 1.51. The molecule has 1 saturated heterocycles. The van der Waals surface area contributed by atoms with Gasteiger partial charge in [-0.05, 0) is 30.9 Å². The van der Waals surface area contributed by atoms with Gasteiger partial charge in [0.15, 0.2) is 0 Å². The Morgan fingerprint density at radius 1 is 1.19 bits per heavy atom. The highest BCUT2D eigenvalue weighted by Gasteiger charge is 2.39. The number of benzene rings is 2. The van der Waals surface area contributed by atoms with Gasteiger partial charge in [0.25, 0.3) is 0 Å². The molecule has 26 heavy (non-hydrogen) atoms. The standard InChI is InChI=1S/C19H26N2O3S.ClH/c1-4-24-16-9-10-17(15-8-6-5-7-14(15)16)25(22,23)21-12-11-18(20)19(2,3)13-21;/h5-10,18H,4,11-13,20H2,1-3H3;1H. The van der Waals surface area contributed by atoms with Crippen molar-refractivity contribution in [3.63, 3.8) is 0 Å². The molecule has 2 aromatic carbocycles. The molecule has 1 unspecified atom stereocenters. The number of sulfonamides is 1. The van der Waals surface area contributed by atoms with E-state index < -0.39 is 10.0 Å². The van der Waals surface area contributed by atoms with E-state index in [0.29, 0.717) is 42.1 Å². The molecule has 0 aromatic heterocycles. The highest BCUT2D eigenvalue weighted by atomic mass is 35.5. The maximum absolute atomic E-state index is 13.3. The number of halogens is 1. The molecule has 0 spiro atoms. The number of nitrogens with zero attached hydrogens (tertiary/aromatic N) is 1. The van der Waals surface area contributed by atoms with Gasteiger partial charge < -0.3 is 10.5 Å². The molecule has 1 aliphatic heterocycles. The molecule has 1 heterocycles. The Labute approximate surface area is 162 Å². The van der Waals surface area contributed by atoms with Crippen molar-refractivity contribution in [3.8, 4) is 5.75 Å². The molecular formula is C19H27ClN2O3S. The largest absolute Gasteiger partial charge is 0.493 e. The molecule has 144 valence electrons. The van der Waals surface area contributed by atoms with Gasteiger partial charge >= 0.3 is 0 Å². The number of fused-ring (bicyclic) bond motifs is 1. The second kappa shape index (κ2) is 7.72. The van der Waals surface area contributed by atoms with Gasteiger partial charge in [-0.2, -0.15) is 4.31 Å². The van der Waals surface area contributed by atoms with Crippen LogP contribution in [0.15, 0.2) is 41.3 Å². The monoisotopic (exact) mass is 398 g/mol. The Morgan fingerprint density at radius 3 is 2.46 bits per heavy atom. The lowest BCUT2D eigenvalue weighted by Gasteiger charge is -2.41. The molecule has 2 N–H and O–H groups in total. The molecule has 1 aliphatic rings. The Bertz CT molecular complexity index is 883. The summed E-state index contributed by atoms with van der Waals surface area (Å²) >= 11 is 0. The van der Waals surface area contributed by atoms with E-state index in [1.165, 1.54) is 0 Å². The van der Waals surface area contributed by atoms with Crippen molar-refractivity contribution in [2.75, 3.05) is 19.7 Å². The molecule has 5 nitrogen and oxygen atoms in total. The molecule has 0 radical (unpaired) electrons. The van der Waals surface area contributed by atoms with Crippen LogP contribution >= 0.6 is 12.4 Å². The van der Waals surface area contributed by atoms with Crippen molar-refractivity contribution < 1.29 is 13.2 Å². The van der Waals surface area contributed by atoms with Gasteiger partial charge in [0.1, 0.15) is 5.75 Å². The maximum atomic E-state index is 13.3. The van der Waals surface area contributed by atoms with Crippen molar-refractivity contribution in [2.45, 2.75) is 38.1 Å². The van der Waals surface area contributed by atoms with Crippen LogP contribution in [-0.2, 0) is 10.0 Å². The smallest absolute Gasteiger partial charge is 0.243 e. The predicted octanol–water partition coefficient (Wildman–Crippen LogP) is 3.41. The third-order valence-electron chi connectivity index (χ3n) is 5.04. The molecule has 3 rings (SSSR count). The summed E-state index contributed by atoms with van der Waals surface area (Å²) in [5.41, 5.74) is 5.92. The minimum Gasteiger partial charge on any atom is -0.493 e. The lowest BCUT2D eigenvalue weighted by atomic mass is 9.81. The summed E-state index contributed by atoms with van der Waals surface area (Å²) < 4.78 is 33.8. The number of hydrogen-bond donors (Lipinski definition) is 1. The Hall–Kier alpha value is -1.34. The first-order valence-electron chi connectivity index (χ1n) is 8.67. The van der Waals surface area contributed by atoms with E-state index in [1.54, 1.807) is 16.4 Å². The average Bonchev–Trinajstić information content (AvgIpc) is 2.57. The van der Waals surface area contributed by atoms with Crippen LogP contribution in [0.25, 0.3) is 10.8 Å². The Balaban J connectivity index is 0.00000243. The zero-order chi connectivity index (χ0) is 18.2. The van der Waals surface area contributed by atoms with Gasteiger partial charge in [-0.3, -0.25) is 0 Å². The quantitative estimate of drug-likeness (QED) is 0.856. The van der Waals surface area contributed by atoms with Gasteiger partial charge in [0.2, 0.25) is 10.0 Å². The fraction of sp³-hybridized carbons (Fsp3) is 0.474. The molecule has 0 amide bonds. The van der Waals surface area contributed by atoms with Gasteiger partial charge in [-0.25, -0.2) is 8.42 Å². The van der Waals surface area contributed by atoms with Crippen molar-refractivity contribution in [1.82, 2.24) is 4.31 Å². The summed E-state index contributed by atoms with van der Waals surface area (Å²) in [5.74, 6) is 0.707. The van der Waals surface area contributed by atoms with Crippen molar-refractivity contribution in [3.05, 3.63) is 36.4 Å². The van der Waals surface area contributed by atoms with E-state index in [1.807, 2.05) is 45.0 Å². The fourth-order valence-corrected chi connectivity index (χ4v) is 5.24. The second-order valence-corrected chi connectivity index (χ2v) is 9.17. The van der Waals surface area contributed by atoms with E-state index in [2.05, 4.69) is 0 Å². The second-order valence-electron chi connectivity index (χ2n) is 7.26. The molecule has 0 saturated carbocycles. The highest BCUT2D eigenvalue weighted by molar-refractivity contribution is 7.89. The zero-order valence-electron chi connectivity index (χ0n) is 15.4. The molecule has 7 heteroatoms. The first kappa shape index (κ1) is 21.0. The fourth-order valence-electron chi connectivity index (χ4n) is 3.42. The first-order chi connectivity index (χ1) is 11.8. The summed E-state index contributed by atoms with van der Waals surface area (Å²) in [6.07, 6.45) is 0.668. The van der Waals surface area contributed by atoms with Crippen LogP contribution in [0.2, 0.25) is 0 Å². The van der Waals surface area contributed by atoms with Gasteiger partial charge in [0, 0.05) is 29.9 Å². The number of rotatable bonds is 4. The SMILES string of the molecule is CCOc1ccc(S(=O)(=O)N2CCC(N)C(C)(C)C2)c2ccccc12.Cl. The van der Waals surface area contributed by atoms with E-state index in [4.69, 9.17) is 10.5 Å². The lowest BCUT2D eigenvalue weighted by Crippen LogP contribution is -2.53. The van der Waals surface area contributed by atoms with Crippen LogP contribution in [0.5, 0.6) is 5.75 Å². The Kier molecular flexibility index (Phi) is 6.23. The summed E-state index contributed by atoms with van der Waals surface area (Å²) in [4.78, 5) is 0.331. The number of hydrogen-bond acceptors (Lipinski definition) is 4. The lowest BCUT2D eigenvalue weighted by molar-refractivity contribution is 0.155. The van der Waals surface area contributed by atoms with E-state index >= 15 is 0 Å². The molecule has 1 fully saturated rings. The van der Waals surface area contributed by atoms with E-state index in [0.717, 1.165) is 5.39 Å². The summed E-state index contributed by atoms with van der Waals surface area (Å²) in [6.45, 7) is 7.38. The molecule has 2 aromatic rings. The molecule has 0 bridgehead atoms. The van der Waals surface area contributed by atoms with Crippen LogP contribution in [0.4, 0.5) is 0 Å². The molecule has 1 atom stereocenters. The van der Waals surface area contributed by atoms with Crippen LogP contribution in [0.1, 0.15) is 27.2 Å². The van der Waals surface area contributed by atoms with Crippen LogP contribution in [0.3, 0.4) is 0 Å². The third-order valence-corrected chi connectivity index (χ3v) is 6.94. The highest BCUT2D eigenvalue weighted by Crippen LogP contribution is 2.36. The van der Waals surface area contributed by atoms with Gasteiger partial charge in [-0.15, -0.1) is 12.4 Å². The van der Waals surface area contributed by atoms with Crippen molar-refractivity contribution >= 4 is 33.2 Å². The van der Waals surface area contributed by atoms with Crippen molar-refractivity contribution in [1.29, 1.82) is 0 Å². The molecule has 0 aliphatic carbocycles. The number of ether oxygens (including phenoxy) is 1. The minimum atomic E-state index is -3.59. The first-order valence-corrected chi connectivity index (χ1v) is 10.1. The topological polar surface area (TPSA) is 72.6 Å². The third kappa shape index (κ3) is 3.69. The summed E-state index contributed by atoms with van der Waals surface area (Å²) in [6, 6.07) is 10.9. The van der Waals surface area contributed by atoms with Gasteiger partial charge in [0.05, 0.1) is 11.5 Å². The summed E-state index contributed by atoms with van der Waals surface area (Å²) in [7, 11) is -3.59. The maximum Gasteiger partial charge on any atom is 0.243 e. The van der Waals surface area contributed by atoms with E-state index in [-0.39, 0.29) is 23.9 Å². The van der Waals surface area contributed by atoms with Crippen LogP contribution in [-0.4, -0.2) is 38.5 Å². The average molecular weight is 399 g/mol. The minimum absolute atomic E-state index is 0.